The molecule has 11 nitrogen and oxygen atoms in total. The molecule has 2 aliphatic heterocycles. The lowest BCUT2D eigenvalue weighted by Crippen LogP contribution is -2.49. The van der Waals surface area contributed by atoms with Crippen molar-refractivity contribution in [3.63, 3.8) is 0 Å². The van der Waals surface area contributed by atoms with Crippen LogP contribution in [-0.2, 0) is 16.0 Å². The Morgan fingerprint density at radius 3 is 2.45 bits per heavy atom. The quantitative estimate of drug-likeness (QED) is 0.360. The first-order valence-corrected chi connectivity index (χ1v) is 14.9. The van der Waals surface area contributed by atoms with Crippen LogP contribution in [0.5, 0.6) is 17.4 Å². The zero-order chi connectivity index (χ0) is 31.4. The maximum Gasteiger partial charge on any atom is 0.410 e. The minimum atomic E-state index is -0.861. The molecular weight excluding hydrogens is 566 g/mol. The lowest BCUT2D eigenvalue weighted by Gasteiger charge is -2.39. The minimum absolute atomic E-state index is 0.0439. The number of likely N-dealkylation sites (tertiary alicyclic amines) is 1. The van der Waals surface area contributed by atoms with Crippen LogP contribution in [0.1, 0.15) is 61.2 Å². The van der Waals surface area contributed by atoms with E-state index in [-0.39, 0.29) is 12.1 Å². The summed E-state index contributed by atoms with van der Waals surface area (Å²) >= 11 is 0. The predicted molar refractivity (Wildman–Crippen MR) is 163 cm³/mol. The standard InChI is InChI=1S/C33H41N3O8/c1-33(2,3)44-32(39)36(19-21-6-10-27-28(18-21)43-17-16-42-27)22-12-14-35(15-13-22)20-26(37)25-8-7-24(31(38)41-5)23-9-11-29(40-4)34-30(23)25/h6-11,18,22,26,37H,12-17,19-20H2,1-5H3. The van der Waals surface area contributed by atoms with Crippen LogP contribution >= 0.6 is 0 Å². The molecule has 1 saturated heterocycles. The van der Waals surface area contributed by atoms with E-state index >= 15 is 0 Å². The van der Waals surface area contributed by atoms with Gasteiger partial charge in [-0.05, 0) is 63.4 Å². The van der Waals surface area contributed by atoms with E-state index in [0.717, 1.165) is 5.56 Å². The average molecular weight is 608 g/mol. The second-order valence-corrected chi connectivity index (χ2v) is 12.1. The first-order valence-electron chi connectivity index (χ1n) is 14.9. The van der Waals surface area contributed by atoms with Crippen LogP contribution < -0.4 is 14.2 Å². The van der Waals surface area contributed by atoms with Crippen molar-refractivity contribution in [3.8, 4) is 17.4 Å². The molecule has 0 saturated carbocycles. The van der Waals surface area contributed by atoms with Crippen LogP contribution in [0.3, 0.4) is 0 Å². The van der Waals surface area contributed by atoms with Crippen LogP contribution in [0.2, 0.25) is 0 Å². The molecule has 2 aromatic carbocycles. The van der Waals surface area contributed by atoms with Crippen LogP contribution in [-0.4, -0.2) is 90.7 Å². The summed E-state index contributed by atoms with van der Waals surface area (Å²) < 4.78 is 27.5. The molecule has 1 amide bonds. The number of hydrogen-bond acceptors (Lipinski definition) is 10. The van der Waals surface area contributed by atoms with Crippen molar-refractivity contribution >= 4 is 23.0 Å². The summed E-state index contributed by atoms with van der Waals surface area (Å²) in [5.41, 5.74) is 1.77. The number of carbonyl (C=O) groups excluding carboxylic acids is 2. The molecule has 3 heterocycles. The van der Waals surface area contributed by atoms with E-state index in [1.807, 2.05) is 39.0 Å². The van der Waals surface area contributed by atoms with Crippen molar-refractivity contribution in [3.05, 3.63) is 59.2 Å². The molecule has 236 valence electrons. The molecule has 0 radical (unpaired) electrons. The van der Waals surface area contributed by atoms with Crippen LogP contribution in [0.4, 0.5) is 4.79 Å². The molecule has 5 rings (SSSR count). The van der Waals surface area contributed by atoms with Crippen LogP contribution in [0.25, 0.3) is 10.9 Å². The molecule has 11 heteroatoms. The number of pyridine rings is 1. The molecule has 1 unspecified atom stereocenters. The largest absolute Gasteiger partial charge is 0.486 e. The fraction of sp³-hybridized carbons (Fsp3) is 0.485. The number of hydrogen-bond donors (Lipinski definition) is 1. The number of nitrogens with zero attached hydrogens (tertiary/aromatic N) is 3. The Balaban J connectivity index is 1.29. The molecule has 1 atom stereocenters. The Hall–Kier alpha value is -4.09. The van der Waals surface area contributed by atoms with Crippen molar-refractivity contribution < 1.29 is 38.4 Å². The number of benzene rings is 2. The van der Waals surface area contributed by atoms with E-state index < -0.39 is 17.7 Å². The van der Waals surface area contributed by atoms with Crippen molar-refractivity contribution in [1.29, 1.82) is 0 Å². The average Bonchev–Trinajstić information content (AvgIpc) is 3.01. The monoisotopic (exact) mass is 607 g/mol. The summed E-state index contributed by atoms with van der Waals surface area (Å²) in [7, 11) is 2.85. The van der Waals surface area contributed by atoms with E-state index in [4.69, 9.17) is 23.7 Å². The normalized spacial score (nSPS) is 16.3. The maximum atomic E-state index is 13.4. The first-order chi connectivity index (χ1) is 21.1. The highest BCUT2D eigenvalue weighted by molar-refractivity contribution is 6.04. The second-order valence-electron chi connectivity index (χ2n) is 12.1. The summed E-state index contributed by atoms with van der Waals surface area (Å²) in [4.78, 5) is 34.3. The number of piperidine rings is 1. The van der Waals surface area contributed by atoms with Gasteiger partial charge in [-0.2, -0.15) is 0 Å². The highest BCUT2D eigenvalue weighted by Gasteiger charge is 2.32. The van der Waals surface area contributed by atoms with Gasteiger partial charge in [-0.3, -0.25) is 0 Å². The van der Waals surface area contributed by atoms with Gasteiger partial charge in [-0.25, -0.2) is 14.6 Å². The minimum Gasteiger partial charge on any atom is -0.486 e. The molecule has 1 aromatic heterocycles. The van der Waals surface area contributed by atoms with Gasteiger partial charge in [-0.1, -0.05) is 12.1 Å². The van der Waals surface area contributed by atoms with Crippen molar-refractivity contribution in [2.75, 3.05) is 47.1 Å². The molecule has 44 heavy (non-hydrogen) atoms. The maximum absolute atomic E-state index is 13.4. The third kappa shape index (κ3) is 7.16. The predicted octanol–water partition coefficient (Wildman–Crippen LogP) is 4.74. The fourth-order valence-electron chi connectivity index (χ4n) is 5.69. The van der Waals surface area contributed by atoms with E-state index in [1.165, 1.54) is 14.2 Å². The summed E-state index contributed by atoms with van der Waals surface area (Å²) in [5, 5.41) is 11.9. The molecule has 0 aliphatic carbocycles. The summed E-state index contributed by atoms with van der Waals surface area (Å²) in [6, 6.07) is 12.5. The van der Waals surface area contributed by atoms with Crippen LogP contribution in [0, 0.1) is 0 Å². The van der Waals surface area contributed by atoms with Gasteiger partial charge in [0, 0.05) is 49.2 Å². The summed E-state index contributed by atoms with van der Waals surface area (Å²) in [5.74, 6) is 1.29. The topological polar surface area (TPSA) is 120 Å². The number of fused-ring (bicyclic) bond motifs is 2. The van der Waals surface area contributed by atoms with Gasteiger partial charge >= 0.3 is 12.1 Å². The lowest BCUT2D eigenvalue weighted by molar-refractivity contribution is 0.00300. The first kappa shape index (κ1) is 31.3. The number of ether oxygens (including phenoxy) is 5. The van der Waals surface area contributed by atoms with Gasteiger partial charge < -0.3 is 38.6 Å². The number of carbonyl (C=O) groups is 2. The molecule has 0 spiro atoms. The van der Waals surface area contributed by atoms with E-state index in [2.05, 4.69) is 9.88 Å². The highest BCUT2D eigenvalue weighted by Crippen LogP contribution is 2.33. The highest BCUT2D eigenvalue weighted by atomic mass is 16.6. The number of rotatable bonds is 8. The van der Waals surface area contributed by atoms with E-state index in [1.54, 1.807) is 29.2 Å². The van der Waals surface area contributed by atoms with Gasteiger partial charge in [0.1, 0.15) is 18.8 Å². The SMILES string of the molecule is COC(=O)c1ccc(C(O)CN2CCC(N(Cc3ccc4c(c3)OCCO4)C(=O)OC(C)(C)C)CC2)c2nc(OC)ccc12. The number of methoxy groups -OCH3 is 2. The smallest absolute Gasteiger partial charge is 0.410 e. The fourth-order valence-corrected chi connectivity index (χ4v) is 5.69. The van der Waals surface area contributed by atoms with E-state index in [0.29, 0.717) is 91.6 Å². The Labute approximate surface area is 257 Å². The molecule has 2 aliphatic rings. The van der Waals surface area contributed by atoms with Crippen molar-refractivity contribution in [2.24, 2.45) is 0 Å². The Morgan fingerprint density at radius 2 is 1.77 bits per heavy atom. The van der Waals surface area contributed by atoms with E-state index in [9.17, 15) is 14.7 Å². The Bertz CT molecular complexity index is 1500. The van der Waals surface area contributed by atoms with Gasteiger partial charge in [0.05, 0.1) is 31.4 Å². The molecule has 1 N–H and O–H groups in total. The number of esters is 1. The van der Waals surface area contributed by atoms with Gasteiger partial charge in [0.2, 0.25) is 5.88 Å². The molecular formula is C33H41N3O8. The Kier molecular flexibility index (Phi) is 9.45. The van der Waals surface area contributed by atoms with Gasteiger partial charge in [0.25, 0.3) is 0 Å². The zero-order valence-corrected chi connectivity index (χ0v) is 26.0. The van der Waals surface area contributed by atoms with Gasteiger partial charge in [0.15, 0.2) is 11.5 Å². The molecule has 3 aromatic rings. The third-order valence-corrected chi connectivity index (χ3v) is 7.85. The number of β-amino-alcohol motifs (C(OH)–C–C–N with tert-alkyl or cyclic N) is 1. The molecule has 1 fully saturated rings. The third-order valence-electron chi connectivity index (χ3n) is 7.85. The number of aliphatic hydroxyl groups excluding tert-OH is 1. The zero-order valence-electron chi connectivity index (χ0n) is 26.0. The van der Waals surface area contributed by atoms with Crippen molar-refractivity contribution in [1.82, 2.24) is 14.8 Å². The van der Waals surface area contributed by atoms with Gasteiger partial charge in [-0.15, -0.1) is 0 Å². The number of aliphatic hydroxyl groups is 1. The number of aromatic nitrogens is 1. The van der Waals surface area contributed by atoms with Crippen LogP contribution in [0.15, 0.2) is 42.5 Å². The van der Waals surface area contributed by atoms with Crippen molar-refractivity contribution in [2.45, 2.75) is 57.9 Å². The second kappa shape index (κ2) is 13.3. The molecule has 0 bridgehead atoms. The number of amides is 1. The lowest BCUT2D eigenvalue weighted by atomic mass is 9.98. The summed E-state index contributed by atoms with van der Waals surface area (Å²) in [6.07, 6.45) is 0.206. The Morgan fingerprint density at radius 1 is 1.05 bits per heavy atom. The summed E-state index contributed by atoms with van der Waals surface area (Å²) in [6.45, 7) is 8.70.